The van der Waals surface area contributed by atoms with Gasteiger partial charge in [-0.3, -0.25) is 14.6 Å². The van der Waals surface area contributed by atoms with Crippen LogP contribution < -0.4 is 29.5 Å². The predicted octanol–water partition coefficient (Wildman–Crippen LogP) is -7.31. The first-order valence-corrected chi connectivity index (χ1v) is 9.10. The summed E-state index contributed by atoms with van der Waals surface area (Å²) in [5.41, 5.74) is 0.790. The first kappa shape index (κ1) is 36.5. The van der Waals surface area contributed by atoms with Gasteiger partial charge in [-0.05, 0) is 30.7 Å². The second kappa shape index (κ2) is 19.3. The van der Waals surface area contributed by atoms with Crippen molar-refractivity contribution >= 4 is 55.2 Å². The summed E-state index contributed by atoms with van der Waals surface area (Å²) in [7, 11) is 1.53. The Labute approximate surface area is 222 Å². The molecule has 1 aromatic heterocycles. The monoisotopic (exact) mass is 519 g/mol. The van der Waals surface area contributed by atoms with Crippen molar-refractivity contribution in [3.05, 3.63) is 60.5 Å². The van der Waals surface area contributed by atoms with Gasteiger partial charge in [0.15, 0.2) is 11.6 Å². The zero-order valence-electron chi connectivity index (χ0n) is 18.1. The van der Waals surface area contributed by atoms with Crippen LogP contribution in [-0.4, -0.2) is 86.0 Å². The van der Waals surface area contributed by atoms with Gasteiger partial charge in [0.05, 0.1) is 6.61 Å². The number of anilines is 1. The van der Waals surface area contributed by atoms with Crippen LogP contribution in [0, 0.1) is 18.2 Å². The summed E-state index contributed by atoms with van der Waals surface area (Å²) in [6.07, 6.45) is 2.49. The van der Waals surface area contributed by atoms with Gasteiger partial charge in [-0.1, -0.05) is 6.07 Å². The molecule has 0 aliphatic carbocycles. The Morgan fingerprint density at radius 3 is 2.56 bits per heavy atom. The molecule has 1 saturated heterocycles. The molecule has 0 bridgehead atoms. The molecule has 1 atom stereocenters. The summed E-state index contributed by atoms with van der Waals surface area (Å²) >= 11 is 0. The SMILES string of the molecule is CNC(=O)c1cc(NC(=O)C2CC[CH-]O2)ccn1.OCCOc1cccc(F)c1F.[Ca+2].[F-].[F-].[F-]. The zero-order valence-corrected chi connectivity index (χ0v) is 20.3. The van der Waals surface area contributed by atoms with E-state index in [1.54, 1.807) is 12.7 Å². The molecule has 34 heavy (non-hydrogen) atoms. The Bertz CT molecular complexity index is 876. The molecular formula is C20H22CaF5N3O5-2. The molecule has 1 aromatic carbocycles. The van der Waals surface area contributed by atoms with Gasteiger partial charge >= 0.3 is 37.7 Å². The summed E-state index contributed by atoms with van der Waals surface area (Å²) in [6, 6.07) is 6.79. The van der Waals surface area contributed by atoms with Crippen LogP contribution in [0.5, 0.6) is 5.75 Å². The zero-order chi connectivity index (χ0) is 21.9. The van der Waals surface area contributed by atoms with E-state index in [9.17, 15) is 18.4 Å². The van der Waals surface area contributed by atoms with Crippen molar-refractivity contribution in [2.45, 2.75) is 18.9 Å². The van der Waals surface area contributed by atoms with Gasteiger partial charge in [-0.2, -0.15) is 10.8 Å². The van der Waals surface area contributed by atoms with Gasteiger partial charge in [0.25, 0.3) is 5.91 Å². The second-order valence-corrected chi connectivity index (χ2v) is 5.99. The van der Waals surface area contributed by atoms with E-state index in [0.717, 1.165) is 12.5 Å². The van der Waals surface area contributed by atoms with Crippen molar-refractivity contribution in [2.24, 2.45) is 0 Å². The molecule has 1 fully saturated rings. The van der Waals surface area contributed by atoms with E-state index in [1.807, 2.05) is 0 Å². The van der Waals surface area contributed by atoms with Crippen LogP contribution in [-0.2, 0) is 9.53 Å². The fraction of sp³-hybridized carbons (Fsp3) is 0.300. The van der Waals surface area contributed by atoms with Gasteiger partial charge in [-0.15, -0.1) is 0 Å². The molecule has 0 saturated carbocycles. The van der Waals surface area contributed by atoms with E-state index >= 15 is 0 Å². The number of carbonyl (C=O) groups is 2. The van der Waals surface area contributed by atoms with E-state index in [0.29, 0.717) is 12.1 Å². The van der Waals surface area contributed by atoms with Crippen molar-refractivity contribution in [2.75, 3.05) is 25.6 Å². The van der Waals surface area contributed by atoms with Crippen LogP contribution in [0.2, 0.25) is 0 Å². The Balaban J connectivity index is -0.000000537. The van der Waals surface area contributed by atoms with Crippen molar-refractivity contribution in [3.8, 4) is 5.75 Å². The third-order valence-corrected chi connectivity index (χ3v) is 3.85. The Kier molecular flexibility index (Phi) is 20.7. The number of aliphatic hydroxyl groups excluding tert-OH is 1. The van der Waals surface area contributed by atoms with Crippen molar-refractivity contribution < 1.29 is 47.1 Å². The smallest absolute Gasteiger partial charge is 1.00 e. The molecule has 2 heterocycles. The van der Waals surface area contributed by atoms with E-state index in [2.05, 4.69) is 15.6 Å². The van der Waals surface area contributed by atoms with Crippen LogP contribution in [0.3, 0.4) is 0 Å². The van der Waals surface area contributed by atoms with Crippen LogP contribution in [0.15, 0.2) is 36.5 Å². The average molecular weight is 519 g/mol. The molecule has 14 heteroatoms. The number of hydrogen-bond acceptors (Lipinski definition) is 6. The fourth-order valence-corrected chi connectivity index (χ4v) is 2.40. The first-order chi connectivity index (χ1) is 14.5. The summed E-state index contributed by atoms with van der Waals surface area (Å²) < 4.78 is 35.1. The number of aliphatic hydroxyl groups is 1. The molecule has 2 aromatic rings. The number of pyridine rings is 1. The van der Waals surface area contributed by atoms with Crippen LogP contribution in [0.25, 0.3) is 0 Å². The van der Waals surface area contributed by atoms with Gasteiger partial charge < -0.3 is 39.3 Å². The molecule has 1 aliphatic heterocycles. The Morgan fingerprint density at radius 1 is 1.26 bits per heavy atom. The van der Waals surface area contributed by atoms with Gasteiger partial charge in [-0.25, -0.2) is 11.0 Å². The number of nitrogens with zero attached hydrogens (tertiary/aromatic N) is 1. The molecule has 1 aliphatic rings. The molecule has 3 N–H and O–H groups in total. The molecular weight excluding hydrogens is 497 g/mol. The molecule has 0 radical (unpaired) electrons. The first-order valence-electron chi connectivity index (χ1n) is 9.10. The number of carbonyl (C=O) groups excluding carboxylic acids is 2. The maximum Gasteiger partial charge on any atom is 2.00 e. The number of amides is 2. The number of rotatable bonds is 6. The van der Waals surface area contributed by atoms with Crippen molar-refractivity contribution in [3.63, 3.8) is 0 Å². The number of ether oxygens (including phenoxy) is 2. The molecule has 3 rings (SSSR count). The van der Waals surface area contributed by atoms with Gasteiger partial charge in [0.1, 0.15) is 18.4 Å². The fourth-order valence-electron chi connectivity index (χ4n) is 2.40. The summed E-state index contributed by atoms with van der Waals surface area (Å²) in [4.78, 5) is 27.1. The number of nitrogens with one attached hydrogen (secondary N) is 2. The number of aromatic nitrogens is 1. The van der Waals surface area contributed by atoms with Gasteiger partial charge in [0.2, 0.25) is 11.7 Å². The topological polar surface area (TPSA) is 110 Å². The number of benzene rings is 1. The molecule has 186 valence electrons. The maximum atomic E-state index is 12.7. The molecule has 2 amide bonds. The normalized spacial score (nSPS) is 13.2. The predicted molar refractivity (Wildman–Crippen MR) is 109 cm³/mol. The number of halogens is 5. The number of hydrogen-bond donors (Lipinski definition) is 3. The minimum Gasteiger partial charge on any atom is -1.00 e. The maximum absolute atomic E-state index is 12.7. The minimum atomic E-state index is -1.02. The minimum absolute atomic E-state index is 0. The van der Waals surface area contributed by atoms with E-state index in [-0.39, 0.29) is 88.3 Å². The van der Waals surface area contributed by atoms with Gasteiger partial charge in [0, 0.05) is 18.9 Å². The van der Waals surface area contributed by atoms with Crippen molar-refractivity contribution in [1.29, 1.82) is 0 Å². The van der Waals surface area contributed by atoms with Crippen LogP contribution >= 0.6 is 0 Å². The van der Waals surface area contributed by atoms with Crippen LogP contribution in [0.4, 0.5) is 14.5 Å². The Hall–Kier alpha value is -2.06. The molecule has 8 nitrogen and oxygen atoms in total. The molecule has 1 unspecified atom stereocenters. The van der Waals surface area contributed by atoms with Crippen LogP contribution in [0.1, 0.15) is 23.3 Å². The molecule has 0 spiro atoms. The Morgan fingerprint density at radius 2 is 1.97 bits per heavy atom. The third kappa shape index (κ3) is 11.4. The quantitative estimate of drug-likeness (QED) is 0.199. The largest absolute Gasteiger partial charge is 2.00 e. The third-order valence-electron chi connectivity index (χ3n) is 3.85. The average Bonchev–Trinajstić information content (AvgIpc) is 3.30. The summed E-state index contributed by atoms with van der Waals surface area (Å²) in [6.45, 7) is 1.36. The summed E-state index contributed by atoms with van der Waals surface area (Å²) in [5.74, 6) is -2.66. The summed E-state index contributed by atoms with van der Waals surface area (Å²) in [5, 5.41) is 13.5. The standard InChI is InChI=1S/C12H14N3O3.C8H8F2O2.Ca.3FH/c1-13-11(16)9-7-8(4-5-14-9)15-12(17)10-3-2-6-18-10;9-6-2-1-3-7(8(6)10)12-5-4-11;;;;/h4-7,10H,2-3H2,1H3,(H,13,16)(H,14,15,17);1-3,11H,4-5H2;;3*1H/q-1;;+2;;;/p-3. The van der Waals surface area contributed by atoms with E-state index in [1.165, 1.54) is 31.4 Å². The van der Waals surface area contributed by atoms with Crippen molar-refractivity contribution in [1.82, 2.24) is 10.3 Å². The van der Waals surface area contributed by atoms with E-state index < -0.39 is 17.7 Å². The second-order valence-electron chi connectivity index (χ2n) is 5.99. The van der Waals surface area contributed by atoms with E-state index in [4.69, 9.17) is 14.6 Å².